The molecule has 1 unspecified atom stereocenters. The normalized spacial score (nSPS) is 11.8. The van der Waals surface area contributed by atoms with Crippen LogP contribution in [0.5, 0.6) is 0 Å². The molecule has 1 atom stereocenters. The second-order valence-corrected chi connectivity index (χ2v) is 5.34. The maximum atomic E-state index is 9.32. The molecule has 2 aromatic rings. The van der Waals surface area contributed by atoms with Crippen LogP contribution in [-0.4, -0.2) is 0 Å². The minimum atomic E-state index is -0.0834. The highest BCUT2D eigenvalue weighted by Gasteiger charge is 2.11. The molecule has 0 heterocycles. The number of halogens is 1. The van der Waals surface area contributed by atoms with Crippen molar-refractivity contribution >= 4 is 15.9 Å². The van der Waals surface area contributed by atoms with E-state index in [0.717, 1.165) is 16.5 Å². The van der Waals surface area contributed by atoms with Gasteiger partial charge in [-0.2, -0.15) is 5.26 Å². The van der Waals surface area contributed by atoms with Crippen molar-refractivity contribution in [3.8, 4) is 6.07 Å². The van der Waals surface area contributed by atoms with E-state index in [9.17, 15) is 5.26 Å². The molecule has 1 nitrogen and oxygen atoms in total. The highest BCUT2D eigenvalue weighted by Crippen LogP contribution is 2.22. The lowest BCUT2D eigenvalue weighted by Gasteiger charge is -2.10. The maximum absolute atomic E-state index is 9.32. The van der Waals surface area contributed by atoms with Crippen LogP contribution in [0.2, 0.25) is 0 Å². The van der Waals surface area contributed by atoms with Crippen LogP contribution >= 0.6 is 15.9 Å². The first-order valence-corrected chi connectivity index (χ1v) is 6.69. The first-order valence-electron chi connectivity index (χ1n) is 5.89. The average Bonchev–Trinajstić information content (AvgIpc) is 2.37. The largest absolute Gasteiger partial charge is 0.198 e. The standard InChI is InChI=1S/C16H14BrN/c1-12-5-7-14(8-6-12)15(11-18)9-13-3-2-4-16(17)10-13/h2-8,10,15H,9H2,1H3. The van der Waals surface area contributed by atoms with Gasteiger partial charge in [0.2, 0.25) is 0 Å². The first-order chi connectivity index (χ1) is 8.69. The highest BCUT2D eigenvalue weighted by molar-refractivity contribution is 9.10. The zero-order valence-electron chi connectivity index (χ0n) is 10.2. The molecular weight excluding hydrogens is 286 g/mol. The van der Waals surface area contributed by atoms with Crippen LogP contribution in [0.25, 0.3) is 0 Å². The van der Waals surface area contributed by atoms with E-state index in [4.69, 9.17) is 0 Å². The number of hydrogen-bond donors (Lipinski definition) is 0. The average molecular weight is 300 g/mol. The van der Waals surface area contributed by atoms with Crippen LogP contribution in [0.15, 0.2) is 53.0 Å². The van der Waals surface area contributed by atoms with Crippen LogP contribution in [0.3, 0.4) is 0 Å². The molecule has 90 valence electrons. The fourth-order valence-electron chi connectivity index (χ4n) is 1.94. The molecule has 0 aromatic heterocycles. The molecule has 0 aliphatic carbocycles. The zero-order chi connectivity index (χ0) is 13.0. The Morgan fingerprint density at radius 2 is 1.89 bits per heavy atom. The number of benzene rings is 2. The van der Waals surface area contributed by atoms with Crippen LogP contribution < -0.4 is 0 Å². The summed E-state index contributed by atoms with van der Waals surface area (Å²) in [6, 6.07) is 18.7. The highest BCUT2D eigenvalue weighted by atomic mass is 79.9. The lowest BCUT2D eigenvalue weighted by atomic mass is 9.93. The van der Waals surface area contributed by atoms with Gasteiger partial charge in [-0.25, -0.2) is 0 Å². The molecule has 2 rings (SSSR count). The summed E-state index contributed by atoms with van der Waals surface area (Å²) in [6.07, 6.45) is 0.749. The molecule has 0 amide bonds. The number of aryl methyl sites for hydroxylation is 1. The van der Waals surface area contributed by atoms with Crippen molar-refractivity contribution in [2.24, 2.45) is 0 Å². The molecule has 2 heteroatoms. The summed E-state index contributed by atoms with van der Waals surface area (Å²) >= 11 is 3.46. The van der Waals surface area contributed by atoms with Gasteiger partial charge in [0, 0.05) is 4.47 Å². The Hall–Kier alpha value is -1.59. The monoisotopic (exact) mass is 299 g/mol. The topological polar surface area (TPSA) is 23.8 Å². The molecule has 0 N–H and O–H groups in total. The Labute approximate surface area is 116 Å². The van der Waals surface area contributed by atoms with Crippen molar-refractivity contribution < 1.29 is 0 Å². The molecule has 0 radical (unpaired) electrons. The molecule has 0 saturated carbocycles. The lowest BCUT2D eigenvalue weighted by Crippen LogP contribution is -2.00. The van der Waals surface area contributed by atoms with Crippen LogP contribution in [0.1, 0.15) is 22.6 Å². The molecule has 0 spiro atoms. The third kappa shape index (κ3) is 3.21. The van der Waals surface area contributed by atoms with Crippen molar-refractivity contribution in [3.63, 3.8) is 0 Å². The summed E-state index contributed by atoms with van der Waals surface area (Å²) in [6.45, 7) is 2.06. The fourth-order valence-corrected chi connectivity index (χ4v) is 2.38. The molecule has 0 aliphatic heterocycles. The van der Waals surface area contributed by atoms with Crippen molar-refractivity contribution in [1.29, 1.82) is 5.26 Å². The van der Waals surface area contributed by atoms with Gasteiger partial charge in [0.15, 0.2) is 0 Å². The first kappa shape index (κ1) is 12.9. The van der Waals surface area contributed by atoms with Gasteiger partial charge in [0.25, 0.3) is 0 Å². The Kier molecular flexibility index (Phi) is 4.17. The number of rotatable bonds is 3. The van der Waals surface area contributed by atoms with Crippen LogP contribution in [0.4, 0.5) is 0 Å². The molecule has 0 aliphatic rings. The second-order valence-electron chi connectivity index (χ2n) is 4.43. The van der Waals surface area contributed by atoms with Gasteiger partial charge >= 0.3 is 0 Å². The number of hydrogen-bond acceptors (Lipinski definition) is 1. The number of nitriles is 1. The molecule has 0 saturated heterocycles. The Morgan fingerprint density at radius 3 is 2.50 bits per heavy atom. The number of nitrogens with zero attached hydrogens (tertiary/aromatic N) is 1. The van der Waals surface area contributed by atoms with E-state index in [-0.39, 0.29) is 5.92 Å². The van der Waals surface area contributed by atoms with Gasteiger partial charge in [-0.1, -0.05) is 57.9 Å². The second kappa shape index (κ2) is 5.84. The van der Waals surface area contributed by atoms with Gasteiger partial charge in [0.05, 0.1) is 12.0 Å². The van der Waals surface area contributed by atoms with Crippen LogP contribution in [-0.2, 0) is 6.42 Å². The maximum Gasteiger partial charge on any atom is 0.0753 e. The van der Waals surface area contributed by atoms with E-state index >= 15 is 0 Å². The van der Waals surface area contributed by atoms with E-state index in [1.165, 1.54) is 11.1 Å². The van der Waals surface area contributed by atoms with Crippen molar-refractivity contribution in [2.45, 2.75) is 19.3 Å². The predicted molar refractivity (Wildman–Crippen MR) is 77.4 cm³/mol. The van der Waals surface area contributed by atoms with Gasteiger partial charge in [-0.05, 0) is 36.6 Å². The molecule has 2 aromatic carbocycles. The van der Waals surface area contributed by atoms with E-state index in [1.54, 1.807) is 0 Å². The van der Waals surface area contributed by atoms with Crippen molar-refractivity contribution in [2.75, 3.05) is 0 Å². The van der Waals surface area contributed by atoms with Crippen LogP contribution in [0, 0.1) is 18.3 Å². The Bertz CT molecular complexity index is 566. The minimum absolute atomic E-state index is 0.0834. The SMILES string of the molecule is Cc1ccc(C(C#N)Cc2cccc(Br)c2)cc1. The Balaban J connectivity index is 2.20. The Morgan fingerprint density at radius 1 is 1.17 bits per heavy atom. The predicted octanol–water partition coefficient (Wildman–Crippen LogP) is 4.61. The summed E-state index contributed by atoms with van der Waals surface area (Å²) in [5.41, 5.74) is 3.48. The summed E-state index contributed by atoms with van der Waals surface area (Å²) in [7, 11) is 0. The van der Waals surface area contributed by atoms with Gasteiger partial charge in [-0.3, -0.25) is 0 Å². The van der Waals surface area contributed by atoms with E-state index in [1.807, 2.05) is 24.3 Å². The van der Waals surface area contributed by atoms with Gasteiger partial charge < -0.3 is 0 Å². The fraction of sp³-hybridized carbons (Fsp3) is 0.188. The summed E-state index contributed by atoms with van der Waals surface area (Å²) in [4.78, 5) is 0. The van der Waals surface area contributed by atoms with E-state index in [0.29, 0.717) is 0 Å². The molecule has 0 bridgehead atoms. The van der Waals surface area contributed by atoms with Crippen molar-refractivity contribution in [3.05, 3.63) is 69.7 Å². The summed E-state index contributed by atoms with van der Waals surface area (Å²) in [5, 5.41) is 9.32. The van der Waals surface area contributed by atoms with Gasteiger partial charge in [0.1, 0.15) is 0 Å². The summed E-state index contributed by atoms with van der Waals surface area (Å²) < 4.78 is 1.06. The van der Waals surface area contributed by atoms with E-state index in [2.05, 4.69) is 53.2 Å². The third-order valence-corrected chi connectivity index (χ3v) is 3.46. The molecule has 0 fully saturated rings. The molecular formula is C16H14BrN. The lowest BCUT2D eigenvalue weighted by molar-refractivity contribution is 0.848. The quantitative estimate of drug-likeness (QED) is 0.812. The van der Waals surface area contributed by atoms with Gasteiger partial charge in [-0.15, -0.1) is 0 Å². The summed E-state index contributed by atoms with van der Waals surface area (Å²) in [5.74, 6) is -0.0834. The third-order valence-electron chi connectivity index (χ3n) is 2.96. The minimum Gasteiger partial charge on any atom is -0.198 e. The molecule has 18 heavy (non-hydrogen) atoms. The van der Waals surface area contributed by atoms with E-state index < -0.39 is 0 Å². The van der Waals surface area contributed by atoms with Crippen molar-refractivity contribution in [1.82, 2.24) is 0 Å². The smallest absolute Gasteiger partial charge is 0.0753 e. The zero-order valence-corrected chi connectivity index (χ0v) is 11.8.